The van der Waals surface area contributed by atoms with Gasteiger partial charge in [-0.05, 0) is 81.8 Å². The quantitative estimate of drug-likeness (QED) is 0.0467. The van der Waals surface area contributed by atoms with E-state index in [-0.39, 0.29) is 28.2 Å². The van der Waals surface area contributed by atoms with Crippen LogP contribution in [0.4, 0.5) is 8.78 Å². The molecule has 6 heterocycles. The van der Waals surface area contributed by atoms with Crippen LogP contribution in [0.5, 0.6) is 0 Å². The van der Waals surface area contributed by atoms with Crippen molar-refractivity contribution in [1.29, 1.82) is 0 Å². The van der Waals surface area contributed by atoms with Gasteiger partial charge in [-0.2, -0.15) is 0 Å². The lowest BCUT2D eigenvalue weighted by molar-refractivity contribution is -0.250. The number of hydrogen-bond acceptors (Lipinski definition) is 19. The standard InChI is InChI=1S/C28H25FN2O5S2.C27H23FN2O6S2/c1-27(29)22(35-26(33)18-12-8-5-9-13-18)20(14-34-25(32)17-10-6-4-7-11-17)36-28(27,2)23-21-19(15-38-23)24(37-3)31-16-30-21;1-26(28)21(35-25(32)17-11-7-4-8-12-17)19(13-34-24(31)16-9-5-3-6-10-16)36-27(26,33)22-20-18(14-38-22)23(37-2)30-15-29-20/h4-13,15-16,20,22H,14H2,1-3H3;3-12,14-15,19,21,33H,13H2,1-2H3/t20-,22-,27-,28+;19-,21-,26-,27?/m11/s1. The van der Waals surface area contributed by atoms with Gasteiger partial charge in [0, 0.05) is 21.5 Å². The average Bonchev–Trinajstić information content (AvgIpc) is 4.21. The van der Waals surface area contributed by atoms with Crippen LogP contribution in [-0.4, -0.2) is 110 Å². The van der Waals surface area contributed by atoms with E-state index in [0.717, 1.165) is 28.7 Å². The Morgan fingerprint density at radius 2 is 0.921 bits per heavy atom. The fourth-order valence-corrected chi connectivity index (χ4v) is 12.5. The maximum atomic E-state index is 17.0. The van der Waals surface area contributed by atoms with Crippen molar-refractivity contribution in [3.63, 3.8) is 0 Å². The summed E-state index contributed by atoms with van der Waals surface area (Å²) >= 11 is 5.20. The molecule has 15 nitrogen and oxygen atoms in total. The van der Waals surface area contributed by atoms with E-state index in [2.05, 4.69) is 19.9 Å². The van der Waals surface area contributed by atoms with E-state index in [1.807, 2.05) is 17.9 Å². The molecule has 0 aliphatic carbocycles. The molecule has 21 heteroatoms. The SMILES string of the molecule is CSc1ncnc2c(C3(O)O[C@H](COC(=O)c4ccccc4)[C@@H](OC(=O)c4ccccc4)[C@@]3(C)F)scc12.CSc1ncnc2c([C@]3(C)O[C@H](COC(=O)c4ccccc4)[C@@H](OC(=O)c4ccccc4)[C@@]3(C)F)scc12. The first-order valence-electron chi connectivity index (χ1n) is 23.5. The molecule has 0 radical (unpaired) electrons. The minimum Gasteiger partial charge on any atom is -0.459 e. The van der Waals surface area contributed by atoms with E-state index in [9.17, 15) is 24.3 Å². The van der Waals surface area contributed by atoms with Gasteiger partial charge in [0.25, 0.3) is 0 Å². The highest BCUT2D eigenvalue weighted by atomic mass is 32.2. The number of thiophene rings is 2. The number of carbonyl (C=O) groups is 4. The Bertz CT molecular complexity index is 3150. The predicted octanol–water partition coefficient (Wildman–Crippen LogP) is 10.6. The second kappa shape index (κ2) is 22.5. The van der Waals surface area contributed by atoms with Gasteiger partial charge in [-0.1, -0.05) is 72.8 Å². The van der Waals surface area contributed by atoms with Crippen LogP contribution in [0.25, 0.3) is 21.8 Å². The minimum absolute atomic E-state index is 0.0906. The van der Waals surface area contributed by atoms with Crippen molar-refractivity contribution >= 4 is 91.9 Å². The molecule has 8 atom stereocenters. The van der Waals surface area contributed by atoms with Crippen molar-refractivity contribution in [1.82, 2.24) is 19.9 Å². The van der Waals surface area contributed by atoms with Gasteiger partial charge in [-0.3, -0.25) is 0 Å². The number of ether oxygens (including phenoxy) is 6. The topological polar surface area (TPSA) is 195 Å². The fraction of sp³-hybridized carbons (Fsp3) is 0.273. The summed E-state index contributed by atoms with van der Waals surface area (Å²) in [5.41, 5.74) is -4.44. The van der Waals surface area contributed by atoms with Gasteiger partial charge < -0.3 is 33.5 Å². The second-order valence-corrected chi connectivity index (χ2v) is 21.2. The van der Waals surface area contributed by atoms with Gasteiger partial charge in [0.1, 0.15) is 53.7 Å². The van der Waals surface area contributed by atoms with Crippen molar-refractivity contribution in [2.24, 2.45) is 0 Å². The van der Waals surface area contributed by atoms with Gasteiger partial charge in [-0.15, -0.1) is 46.2 Å². The number of fused-ring (bicyclic) bond motifs is 2. The maximum absolute atomic E-state index is 17.0. The predicted molar refractivity (Wildman–Crippen MR) is 283 cm³/mol. The van der Waals surface area contributed by atoms with Crippen LogP contribution >= 0.6 is 46.2 Å². The van der Waals surface area contributed by atoms with Crippen LogP contribution in [0, 0.1) is 0 Å². The van der Waals surface area contributed by atoms with Crippen LogP contribution in [-0.2, 0) is 39.8 Å². The van der Waals surface area contributed by atoms with E-state index in [0.29, 0.717) is 31.9 Å². The molecule has 1 unspecified atom stereocenters. The van der Waals surface area contributed by atoms with Crippen LogP contribution in [0.3, 0.4) is 0 Å². The molecule has 10 rings (SSSR count). The van der Waals surface area contributed by atoms with Crippen molar-refractivity contribution in [3.8, 4) is 0 Å². The molecule has 0 saturated carbocycles. The third-order valence-electron chi connectivity index (χ3n) is 13.2. The summed E-state index contributed by atoms with van der Waals surface area (Å²) < 4.78 is 68.2. The molecule has 4 aromatic heterocycles. The first-order valence-corrected chi connectivity index (χ1v) is 27.7. The fourth-order valence-electron chi connectivity index (χ4n) is 8.94. The number of esters is 4. The molecule has 1 N–H and O–H groups in total. The average molecular weight is 1110 g/mol. The van der Waals surface area contributed by atoms with E-state index >= 15 is 8.78 Å². The van der Waals surface area contributed by atoms with Gasteiger partial charge in [0.2, 0.25) is 11.5 Å². The highest BCUT2D eigenvalue weighted by Gasteiger charge is 2.69. The molecule has 76 heavy (non-hydrogen) atoms. The minimum atomic E-state index is -2.65. The Morgan fingerprint density at radius 3 is 1.34 bits per heavy atom. The Morgan fingerprint density at radius 1 is 0.553 bits per heavy atom. The molecule has 2 aliphatic rings. The molecular weight excluding hydrogens is 1060 g/mol. The van der Waals surface area contributed by atoms with Crippen molar-refractivity contribution in [2.45, 2.75) is 78.0 Å². The number of carbonyl (C=O) groups excluding carboxylic acids is 4. The normalized spacial score (nSPS) is 24.8. The number of rotatable bonds is 14. The number of thioether (sulfide) groups is 2. The highest BCUT2D eigenvalue weighted by molar-refractivity contribution is 7.99. The Balaban J connectivity index is 0.000000186. The zero-order valence-electron chi connectivity index (χ0n) is 41.3. The lowest BCUT2D eigenvalue weighted by Crippen LogP contribution is -2.50. The van der Waals surface area contributed by atoms with E-state index < -0.39 is 77.6 Å². The van der Waals surface area contributed by atoms with Gasteiger partial charge >= 0.3 is 23.9 Å². The molecule has 392 valence electrons. The van der Waals surface area contributed by atoms with Crippen molar-refractivity contribution in [3.05, 3.63) is 177 Å². The number of benzene rings is 4. The molecule has 4 aromatic carbocycles. The molecule has 2 aliphatic heterocycles. The second-order valence-electron chi connectivity index (χ2n) is 17.9. The smallest absolute Gasteiger partial charge is 0.338 e. The number of hydrogen-bond donors (Lipinski definition) is 1. The first kappa shape index (κ1) is 54.1. The monoisotopic (exact) mass is 1110 g/mol. The number of aliphatic hydroxyl groups is 1. The van der Waals surface area contributed by atoms with Gasteiger partial charge in [-0.25, -0.2) is 47.9 Å². The molecule has 0 bridgehead atoms. The number of halogens is 2. The lowest BCUT2D eigenvalue weighted by atomic mass is 9.83. The Hall–Kier alpha value is -6.72. The summed E-state index contributed by atoms with van der Waals surface area (Å²) in [5.74, 6) is -5.33. The van der Waals surface area contributed by atoms with E-state index in [4.69, 9.17) is 28.4 Å². The van der Waals surface area contributed by atoms with E-state index in [1.54, 1.807) is 121 Å². The summed E-state index contributed by atoms with van der Waals surface area (Å²) in [7, 11) is 0. The molecular formula is C55H48F2N4O11S4. The van der Waals surface area contributed by atoms with E-state index in [1.165, 1.54) is 66.6 Å². The number of aromatic nitrogens is 4. The third-order valence-corrected chi connectivity index (χ3v) is 16.8. The summed E-state index contributed by atoms with van der Waals surface area (Å²) in [4.78, 5) is 69.0. The number of alkyl halides is 2. The molecule has 2 fully saturated rings. The van der Waals surface area contributed by atoms with Crippen LogP contribution in [0.15, 0.2) is 155 Å². The largest absolute Gasteiger partial charge is 0.459 e. The maximum Gasteiger partial charge on any atom is 0.338 e. The van der Waals surface area contributed by atoms with Crippen molar-refractivity contribution < 1.29 is 61.5 Å². The molecule has 0 spiro atoms. The van der Waals surface area contributed by atoms with Crippen molar-refractivity contribution in [2.75, 3.05) is 25.7 Å². The lowest BCUT2D eigenvalue weighted by Gasteiger charge is -2.34. The molecule has 0 amide bonds. The molecule has 2 saturated heterocycles. The molecule has 8 aromatic rings. The highest BCUT2D eigenvalue weighted by Crippen LogP contribution is 2.55. The van der Waals surface area contributed by atoms with Crippen LogP contribution < -0.4 is 0 Å². The summed E-state index contributed by atoms with van der Waals surface area (Å²) in [5, 5.41) is 18.2. The number of nitrogens with zero attached hydrogens (tertiary/aromatic N) is 4. The summed E-state index contributed by atoms with van der Waals surface area (Å²) in [6.45, 7) is 3.26. The Labute approximate surface area is 451 Å². The zero-order chi connectivity index (χ0) is 53.8. The van der Waals surface area contributed by atoms with Gasteiger partial charge in [0.05, 0.1) is 43.0 Å². The Kier molecular flexibility index (Phi) is 16.0. The van der Waals surface area contributed by atoms with Crippen LogP contribution in [0.2, 0.25) is 0 Å². The summed E-state index contributed by atoms with van der Waals surface area (Å²) in [6.07, 6.45) is 1.11. The third kappa shape index (κ3) is 10.3. The van der Waals surface area contributed by atoms with Crippen LogP contribution in [0.1, 0.15) is 72.0 Å². The first-order chi connectivity index (χ1) is 36.5. The van der Waals surface area contributed by atoms with Gasteiger partial charge in [0.15, 0.2) is 17.9 Å². The summed E-state index contributed by atoms with van der Waals surface area (Å²) in [6, 6.07) is 33.1. The zero-order valence-corrected chi connectivity index (χ0v) is 44.6.